The van der Waals surface area contributed by atoms with E-state index >= 15 is 0 Å². The maximum absolute atomic E-state index is 5.98. The predicted molar refractivity (Wildman–Crippen MR) is 77.8 cm³/mol. The number of benzene rings is 1. The molecule has 0 unspecified atom stereocenters. The summed E-state index contributed by atoms with van der Waals surface area (Å²) in [6.45, 7) is 0. The minimum atomic E-state index is 0.529. The molecule has 96 valence electrons. The molecule has 0 aliphatic carbocycles. The topological polar surface area (TPSA) is 41.6 Å². The van der Waals surface area contributed by atoms with Crippen LogP contribution >= 0.6 is 23.2 Å². The van der Waals surface area contributed by atoms with Gasteiger partial charge in [-0.05, 0) is 36.2 Å². The normalized spacial score (nSPS) is 11.1. The summed E-state index contributed by atoms with van der Waals surface area (Å²) in [4.78, 5) is 11.8. The second-order valence-electron chi connectivity index (χ2n) is 4.32. The summed E-state index contributed by atoms with van der Waals surface area (Å²) in [6, 6.07) is 7.61. The molecule has 1 aromatic carbocycles. The summed E-state index contributed by atoms with van der Waals surface area (Å²) in [6.07, 6.45) is 5.36. The highest BCUT2D eigenvalue weighted by Crippen LogP contribution is 2.26. The Morgan fingerprint density at radius 3 is 2.53 bits per heavy atom. The van der Waals surface area contributed by atoms with Gasteiger partial charge in [0, 0.05) is 18.8 Å². The van der Waals surface area contributed by atoms with Crippen LogP contribution in [-0.4, -0.2) is 15.0 Å². The van der Waals surface area contributed by atoms with Gasteiger partial charge in [-0.1, -0.05) is 23.2 Å². The van der Waals surface area contributed by atoms with Crippen LogP contribution in [0.5, 0.6) is 0 Å². The lowest BCUT2D eigenvalue weighted by molar-refractivity contribution is 0.888. The van der Waals surface area contributed by atoms with Gasteiger partial charge in [-0.3, -0.25) is 4.98 Å². The van der Waals surface area contributed by atoms with Crippen molar-refractivity contribution in [3.63, 3.8) is 0 Å². The molecule has 3 nitrogen and oxygen atoms in total. The third-order valence-electron chi connectivity index (χ3n) is 2.97. The summed E-state index contributed by atoms with van der Waals surface area (Å²) in [5.41, 5.74) is 3.00. The van der Waals surface area contributed by atoms with E-state index in [4.69, 9.17) is 23.2 Å². The number of nitrogens with one attached hydrogen (secondary N) is 1. The highest BCUT2D eigenvalue weighted by molar-refractivity contribution is 6.42. The molecular weight excluding hydrogens is 281 g/mol. The molecule has 0 atom stereocenters. The molecule has 5 heteroatoms. The molecule has 3 rings (SSSR count). The minimum absolute atomic E-state index is 0.529. The number of halogens is 2. The Kier molecular flexibility index (Phi) is 3.40. The standard InChI is InChI=1S/C14H11Cl2N3/c15-10-7-12-13(8-11(10)16)19-14(18-12)2-1-9-3-5-17-6-4-9/h3-8H,1-2H2,(H,18,19). The lowest BCUT2D eigenvalue weighted by Gasteiger charge is -1.97. The van der Waals surface area contributed by atoms with Crippen LogP contribution in [0.2, 0.25) is 10.0 Å². The van der Waals surface area contributed by atoms with Crippen molar-refractivity contribution in [1.82, 2.24) is 15.0 Å². The predicted octanol–water partition coefficient (Wildman–Crippen LogP) is 4.05. The molecule has 0 amide bonds. The van der Waals surface area contributed by atoms with Crippen molar-refractivity contribution < 1.29 is 0 Å². The molecule has 2 aromatic heterocycles. The number of hydrogen-bond donors (Lipinski definition) is 1. The maximum atomic E-state index is 5.98. The van der Waals surface area contributed by atoms with E-state index in [1.54, 1.807) is 18.5 Å². The number of aromatic nitrogens is 3. The zero-order chi connectivity index (χ0) is 13.2. The molecule has 0 radical (unpaired) electrons. The highest BCUT2D eigenvalue weighted by atomic mass is 35.5. The van der Waals surface area contributed by atoms with E-state index in [1.165, 1.54) is 5.56 Å². The second kappa shape index (κ2) is 5.19. The largest absolute Gasteiger partial charge is 0.342 e. The van der Waals surface area contributed by atoms with Crippen LogP contribution in [0.25, 0.3) is 11.0 Å². The number of pyridine rings is 1. The molecule has 19 heavy (non-hydrogen) atoms. The Balaban J connectivity index is 1.82. The Morgan fingerprint density at radius 2 is 1.74 bits per heavy atom. The van der Waals surface area contributed by atoms with Crippen LogP contribution in [0, 0.1) is 0 Å². The molecule has 0 bridgehead atoms. The fourth-order valence-corrected chi connectivity index (χ4v) is 2.31. The van der Waals surface area contributed by atoms with E-state index in [1.807, 2.05) is 18.2 Å². The number of nitrogens with zero attached hydrogens (tertiary/aromatic N) is 2. The van der Waals surface area contributed by atoms with E-state index in [0.29, 0.717) is 10.0 Å². The molecule has 0 spiro atoms. The summed E-state index contributed by atoms with van der Waals surface area (Å²) in [5.74, 6) is 0.935. The number of hydrogen-bond acceptors (Lipinski definition) is 2. The first kappa shape index (κ1) is 12.5. The smallest absolute Gasteiger partial charge is 0.107 e. The van der Waals surface area contributed by atoms with Gasteiger partial charge < -0.3 is 4.98 Å². The molecule has 0 saturated heterocycles. The molecule has 1 N–H and O–H groups in total. The first-order valence-corrected chi connectivity index (χ1v) is 6.70. The fourth-order valence-electron chi connectivity index (χ4n) is 1.99. The van der Waals surface area contributed by atoms with Crippen molar-refractivity contribution >= 4 is 34.2 Å². The van der Waals surface area contributed by atoms with Gasteiger partial charge in [0.25, 0.3) is 0 Å². The summed E-state index contributed by atoms with van der Waals surface area (Å²) in [5, 5.41) is 1.07. The van der Waals surface area contributed by atoms with Crippen LogP contribution < -0.4 is 0 Å². The maximum Gasteiger partial charge on any atom is 0.107 e. The van der Waals surface area contributed by atoms with Gasteiger partial charge in [-0.15, -0.1) is 0 Å². The van der Waals surface area contributed by atoms with Gasteiger partial charge in [0.05, 0.1) is 21.1 Å². The summed E-state index contributed by atoms with van der Waals surface area (Å²) < 4.78 is 0. The van der Waals surface area contributed by atoms with Crippen molar-refractivity contribution in [2.24, 2.45) is 0 Å². The van der Waals surface area contributed by atoms with Gasteiger partial charge >= 0.3 is 0 Å². The molecule has 2 heterocycles. The molecular formula is C14H11Cl2N3. The van der Waals surface area contributed by atoms with Gasteiger partial charge in [0.15, 0.2) is 0 Å². The summed E-state index contributed by atoms with van der Waals surface area (Å²) >= 11 is 12.0. The Labute approximate surface area is 120 Å². The Bertz CT molecular complexity index is 668. The van der Waals surface area contributed by atoms with Crippen molar-refractivity contribution in [2.75, 3.05) is 0 Å². The van der Waals surface area contributed by atoms with Crippen LogP contribution in [0.4, 0.5) is 0 Å². The van der Waals surface area contributed by atoms with Crippen LogP contribution in [0.1, 0.15) is 11.4 Å². The second-order valence-corrected chi connectivity index (χ2v) is 5.14. The minimum Gasteiger partial charge on any atom is -0.342 e. The van der Waals surface area contributed by atoms with Crippen molar-refractivity contribution in [3.05, 3.63) is 58.1 Å². The summed E-state index contributed by atoms with van der Waals surface area (Å²) in [7, 11) is 0. The average molecular weight is 292 g/mol. The number of rotatable bonds is 3. The first-order valence-electron chi connectivity index (χ1n) is 5.95. The number of imidazole rings is 1. The number of aryl methyl sites for hydroxylation is 2. The third kappa shape index (κ3) is 2.72. The third-order valence-corrected chi connectivity index (χ3v) is 3.69. The van der Waals surface area contributed by atoms with Crippen molar-refractivity contribution in [1.29, 1.82) is 0 Å². The van der Waals surface area contributed by atoms with Gasteiger partial charge in [0.2, 0.25) is 0 Å². The molecule has 3 aromatic rings. The van der Waals surface area contributed by atoms with E-state index in [2.05, 4.69) is 15.0 Å². The Hall–Kier alpha value is -1.58. The number of fused-ring (bicyclic) bond motifs is 1. The average Bonchev–Trinajstić information content (AvgIpc) is 2.80. The van der Waals surface area contributed by atoms with Crippen LogP contribution in [0.3, 0.4) is 0 Å². The van der Waals surface area contributed by atoms with E-state index < -0.39 is 0 Å². The number of H-pyrrole nitrogens is 1. The van der Waals surface area contributed by atoms with Crippen molar-refractivity contribution in [3.8, 4) is 0 Å². The lowest BCUT2D eigenvalue weighted by atomic mass is 10.1. The van der Waals surface area contributed by atoms with Gasteiger partial charge in [-0.25, -0.2) is 4.98 Å². The fraction of sp³-hybridized carbons (Fsp3) is 0.143. The van der Waals surface area contributed by atoms with Crippen molar-refractivity contribution in [2.45, 2.75) is 12.8 Å². The molecule has 0 saturated carbocycles. The van der Waals surface area contributed by atoms with Gasteiger partial charge in [0.1, 0.15) is 5.82 Å². The Morgan fingerprint density at radius 1 is 1.00 bits per heavy atom. The quantitative estimate of drug-likeness (QED) is 0.791. The monoisotopic (exact) mass is 291 g/mol. The zero-order valence-corrected chi connectivity index (χ0v) is 11.5. The van der Waals surface area contributed by atoms with Crippen LogP contribution in [0.15, 0.2) is 36.7 Å². The lowest BCUT2D eigenvalue weighted by Crippen LogP contribution is -1.93. The number of aromatic amines is 1. The highest BCUT2D eigenvalue weighted by Gasteiger charge is 2.06. The van der Waals surface area contributed by atoms with E-state index in [0.717, 1.165) is 29.7 Å². The van der Waals surface area contributed by atoms with Gasteiger partial charge in [-0.2, -0.15) is 0 Å². The van der Waals surface area contributed by atoms with E-state index in [-0.39, 0.29) is 0 Å². The molecule has 0 aliphatic heterocycles. The molecule has 0 fully saturated rings. The molecule has 0 aliphatic rings. The van der Waals surface area contributed by atoms with Crippen LogP contribution in [-0.2, 0) is 12.8 Å². The van der Waals surface area contributed by atoms with E-state index in [9.17, 15) is 0 Å². The first-order chi connectivity index (χ1) is 9.22. The SMILES string of the molecule is Clc1cc2nc(CCc3ccncc3)[nH]c2cc1Cl. The zero-order valence-electron chi connectivity index (χ0n) is 10.0.